The van der Waals surface area contributed by atoms with Crippen molar-refractivity contribution in [3.63, 3.8) is 0 Å². The van der Waals surface area contributed by atoms with E-state index in [0.717, 1.165) is 0 Å². The number of furan rings is 1. The maximum atomic E-state index is 12.0. The topological polar surface area (TPSA) is 91.6 Å². The van der Waals surface area contributed by atoms with Gasteiger partial charge in [0.1, 0.15) is 0 Å². The largest absolute Gasteiger partial charge is 0.459 e. The van der Waals surface area contributed by atoms with Crippen LogP contribution in [-0.2, 0) is 0 Å². The first-order valence-electron chi connectivity index (χ1n) is 6.94. The molecule has 2 heterocycles. The maximum absolute atomic E-state index is 12.0. The van der Waals surface area contributed by atoms with Crippen LogP contribution >= 0.6 is 11.3 Å². The van der Waals surface area contributed by atoms with E-state index in [0.29, 0.717) is 22.8 Å². The number of aliphatic hydroxyl groups is 1. The van der Waals surface area contributed by atoms with Crippen LogP contribution in [0.1, 0.15) is 33.6 Å². The summed E-state index contributed by atoms with van der Waals surface area (Å²) in [6.45, 7) is 2.57. The lowest BCUT2D eigenvalue weighted by atomic mass is 10.1. The molecule has 2 aromatic rings. The maximum Gasteiger partial charge on any atom is 0.291 e. The van der Waals surface area contributed by atoms with Crippen molar-refractivity contribution in [1.82, 2.24) is 5.32 Å². The van der Waals surface area contributed by atoms with Gasteiger partial charge in [-0.05, 0) is 36.6 Å². The van der Waals surface area contributed by atoms with Crippen LogP contribution in [0.2, 0.25) is 0 Å². The molecule has 6 nitrogen and oxygen atoms in total. The summed E-state index contributed by atoms with van der Waals surface area (Å²) >= 11 is 1.20. The van der Waals surface area contributed by atoms with Crippen LogP contribution in [0.25, 0.3) is 0 Å². The molecule has 0 radical (unpaired) electrons. The van der Waals surface area contributed by atoms with Crippen LogP contribution in [0.5, 0.6) is 0 Å². The average molecular weight is 322 g/mol. The van der Waals surface area contributed by atoms with Gasteiger partial charge in [-0.1, -0.05) is 6.92 Å². The van der Waals surface area contributed by atoms with E-state index in [1.54, 1.807) is 24.3 Å². The lowest BCUT2D eigenvalue weighted by Gasteiger charge is -2.10. The second-order valence-electron chi connectivity index (χ2n) is 4.92. The fourth-order valence-corrected chi connectivity index (χ4v) is 2.60. The molecule has 0 aliphatic heterocycles. The van der Waals surface area contributed by atoms with Gasteiger partial charge in [0.25, 0.3) is 11.8 Å². The van der Waals surface area contributed by atoms with E-state index in [1.807, 2.05) is 6.92 Å². The van der Waals surface area contributed by atoms with Crippen LogP contribution in [0.3, 0.4) is 0 Å². The smallest absolute Gasteiger partial charge is 0.291 e. The van der Waals surface area contributed by atoms with Gasteiger partial charge in [0.2, 0.25) is 0 Å². The van der Waals surface area contributed by atoms with Crippen LogP contribution in [0.4, 0.5) is 5.00 Å². The van der Waals surface area contributed by atoms with E-state index in [-0.39, 0.29) is 30.1 Å². The lowest BCUT2D eigenvalue weighted by molar-refractivity contribution is 0.0948. The molecule has 2 amide bonds. The SMILES string of the molecule is CC(CCO)CNC(=O)c1ccc(NC(=O)c2ccco2)s1. The molecule has 0 spiro atoms. The highest BCUT2D eigenvalue weighted by Crippen LogP contribution is 2.22. The minimum absolute atomic E-state index is 0.110. The number of carbonyl (C=O) groups excluding carboxylic acids is 2. The quantitative estimate of drug-likeness (QED) is 0.729. The van der Waals surface area contributed by atoms with E-state index in [4.69, 9.17) is 9.52 Å². The van der Waals surface area contributed by atoms with Crippen LogP contribution < -0.4 is 10.6 Å². The Hall–Kier alpha value is -2.12. The van der Waals surface area contributed by atoms with E-state index in [9.17, 15) is 9.59 Å². The van der Waals surface area contributed by atoms with Gasteiger partial charge in [-0.3, -0.25) is 9.59 Å². The van der Waals surface area contributed by atoms with Crippen molar-refractivity contribution in [2.45, 2.75) is 13.3 Å². The molecule has 1 unspecified atom stereocenters. The summed E-state index contributed by atoms with van der Waals surface area (Å²) in [5.74, 6) is -0.104. The van der Waals surface area contributed by atoms with E-state index in [1.165, 1.54) is 17.6 Å². The molecule has 118 valence electrons. The number of hydrogen-bond acceptors (Lipinski definition) is 5. The third-order valence-corrected chi connectivity index (χ3v) is 4.04. The van der Waals surface area contributed by atoms with Crippen molar-refractivity contribution in [2.75, 3.05) is 18.5 Å². The van der Waals surface area contributed by atoms with E-state index < -0.39 is 0 Å². The Morgan fingerprint density at radius 1 is 1.32 bits per heavy atom. The predicted molar refractivity (Wildman–Crippen MR) is 84.2 cm³/mol. The first kappa shape index (κ1) is 16.3. The van der Waals surface area contributed by atoms with Gasteiger partial charge in [0.15, 0.2) is 5.76 Å². The summed E-state index contributed by atoms with van der Waals surface area (Å²) < 4.78 is 5.00. The second kappa shape index (κ2) is 7.77. The first-order chi connectivity index (χ1) is 10.6. The fraction of sp³-hybridized carbons (Fsp3) is 0.333. The second-order valence-corrected chi connectivity index (χ2v) is 6.01. The van der Waals surface area contributed by atoms with E-state index >= 15 is 0 Å². The molecule has 0 aromatic carbocycles. The summed E-state index contributed by atoms with van der Waals surface area (Å²) in [5.41, 5.74) is 0. The fourth-order valence-electron chi connectivity index (χ4n) is 1.78. The molecule has 0 aliphatic rings. The third-order valence-electron chi connectivity index (χ3n) is 3.04. The third kappa shape index (κ3) is 4.44. The Morgan fingerprint density at radius 3 is 2.82 bits per heavy atom. The standard InChI is InChI=1S/C15H18N2O4S/c1-10(6-7-18)9-16-15(20)12-4-5-13(22-12)17-14(19)11-3-2-8-21-11/h2-5,8,10,18H,6-7,9H2,1H3,(H,16,20)(H,17,19). The average Bonchev–Trinajstić information content (AvgIpc) is 3.16. The first-order valence-corrected chi connectivity index (χ1v) is 7.75. The molecule has 0 aliphatic carbocycles. The number of carbonyl (C=O) groups is 2. The Bertz CT molecular complexity index is 621. The number of nitrogens with one attached hydrogen (secondary N) is 2. The van der Waals surface area contributed by atoms with Crippen LogP contribution in [-0.4, -0.2) is 30.1 Å². The van der Waals surface area contributed by atoms with Crippen molar-refractivity contribution >= 4 is 28.2 Å². The molecule has 0 saturated carbocycles. The lowest BCUT2D eigenvalue weighted by Crippen LogP contribution is -2.27. The molecule has 22 heavy (non-hydrogen) atoms. The van der Waals surface area contributed by atoms with Gasteiger partial charge in [-0.25, -0.2) is 0 Å². The van der Waals surface area contributed by atoms with Crippen molar-refractivity contribution in [3.8, 4) is 0 Å². The number of aliphatic hydroxyl groups excluding tert-OH is 1. The van der Waals surface area contributed by atoms with Crippen molar-refractivity contribution < 1.29 is 19.1 Å². The van der Waals surface area contributed by atoms with Gasteiger partial charge in [-0.15, -0.1) is 11.3 Å². The summed E-state index contributed by atoms with van der Waals surface area (Å²) in [6, 6.07) is 6.54. The number of amides is 2. The Labute approximate surface area is 132 Å². The molecular weight excluding hydrogens is 304 g/mol. The number of thiophene rings is 1. The zero-order valence-corrected chi connectivity index (χ0v) is 13.0. The zero-order chi connectivity index (χ0) is 15.9. The van der Waals surface area contributed by atoms with Crippen LogP contribution in [0, 0.1) is 5.92 Å². The van der Waals surface area contributed by atoms with E-state index in [2.05, 4.69) is 10.6 Å². The minimum Gasteiger partial charge on any atom is -0.459 e. The molecule has 3 N–H and O–H groups in total. The molecular formula is C15H18N2O4S. The van der Waals surface area contributed by atoms with Crippen molar-refractivity contribution in [3.05, 3.63) is 41.2 Å². The summed E-state index contributed by atoms with van der Waals surface area (Å²) in [4.78, 5) is 24.3. The summed E-state index contributed by atoms with van der Waals surface area (Å²) in [7, 11) is 0. The zero-order valence-electron chi connectivity index (χ0n) is 12.2. The normalized spacial score (nSPS) is 11.9. The highest BCUT2D eigenvalue weighted by molar-refractivity contribution is 7.18. The monoisotopic (exact) mass is 322 g/mol. The molecule has 7 heteroatoms. The van der Waals surface area contributed by atoms with Gasteiger partial charge >= 0.3 is 0 Å². The molecule has 0 fully saturated rings. The predicted octanol–water partition coefficient (Wildman–Crippen LogP) is 2.34. The highest BCUT2D eigenvalue weighted by Gasteiger charge is 2.13. The Kier molecular flexibility index (Phi) is 5.74. The van der Waals surface area contributed by atoms with Crippen LogP contribution in [0.15, 0.2) is 34.9 Å². The van der Waals surface area contributed by atoms with Gasteiger partial charge in [-0.2, -0.15) is 0 Å². The highest BCUT2D eigenvalue weighted by atomic mass is 32.1. The van der Waals surface area contributed by atoms with Crippen molar-refractivity contribution in [2.24, 2.45) is 5.92 Å². The number of rotatable bonds is 7. The molecule has 0 saturated heterocycles. The molecule has 0 bridgehead atoms. The Morgan fingerprint density at radius 2 is 2.14 bits per heavy atom. The molecule has 2 aromatic heterocycles. The number of hydrogen-bond donors (Lipinski definition) is 3. The minimum atomic E-state index is -0.352. The van der Waals surface area contributed by atoms with Gasteiger partial charge < -0.3 is 20.2 Å². The summed E-state index contributed by atoms with van der Waals surface area (Å²) in [6.07, 6.45) is 2.07. The number of anilines is 1. The molecule has 1 atom stereocenters. The van der Waals surface area contributed by atoms with Crippen molar-refractivity contribution in [1.29, 1.82) is 0 Å². The van der Waals surface area contributed by atoms with Gasteiger partial charge in [0, 0.05) is 13.2 Å². The molecule has 2 rings (SSSR count). The van der Waals surface area contributed by atoms with Gasteiger partial charge in [0.05, 0.1) is 16.1 Å². The summed E-state index contributed by atoms with van der Waals surface area (Å²) in [5, 5.41) is 14.9. The Balaban J connectivity index is 1.88.